The first-order valence-corrected chi connectivity index (χ1v) is 13.0. The molecule has 4 aliphatic rings. The zero-order valence-electron chi connectivity index (χ0n) is 21.8. The minimum absolute atomic E-state index is 0.00898. The van der Waals surface area contributed by atoms with E-state index in [0.717, 1.165) is 0 Å². The smallest absolute Gasteiger partial charge is 0.230 e. The molecule has 210 valence electrons. The molecule has 1 aliphatic heterocycles. The Balaban J connectivity index is 1.60. The number of phenolic OH excluding ortho intramolecular Hbond substituents is 1. The zero-order chi connectivity index (χ0) is 28.4. The molecule has 12 nitrogen and oxygen atoms in total. The molecule has 2 unspecified atom stereocenters. The Labute approximate surface area is 224 Å². The number of nitrogens with two attached hydrogens (primary N) is 1. The van der Waals surface area contributed by atoms with Crippen LogP contribution in [0.2, 0.25) is 0 Å². The summed E-state index contributed by atoms with van der Waals surface area (Å²) >= 11 is 0. The first-order valence-electron chi connectivity index (χ1n) is 13.0. The van der Waals surface area contributed by atoms with Crippen molar-refractivity contribution in [3.63, 3.8) is 0 Å². The number of likely N-dealkylation sites (N-methyl/N-ethyl adjacent to an activating group) is 1. The third-order valence-electron chi connectivity index (χ3n) is 8.75. The number of hydrogen-bond donors (Lipinski definition) is 5. The molecule has 1 saturated carbocycles. The second-order valence-corrected chi connectivity index (χ2v) is 11.1. The lowest BCUT2D eigenvalue weighted by Gasteiger charge is -2.53. The number of phenols is 1. The van der Waals surface area contributed by atoms with Gasteiger partial charge >= 0.3 is 0 Å². The molecule has 6 N–H and O–H groups in total. The minimum Gasteiger partial charge on any atom is -0.508 e. The van der Waals surface area contributed by atoms with Crippen molar-refractivity contribution in [3.05, 3.63) is 40.2 Å². The number of morpholine rings is 1. The Morgan fingerprint density at radius 3 is 2.46 bits per heavy atom. The molecule has 0 aromatic heterocycles. The molecule has 2 fully saturated rings. The van der Waals surface area contributed by atoms with E-state index in [2.05, 4.69) is 0 Å². The fourth-order valence-corrected chi connectivity index (χ4v) is 6.91. The SMILES string of the molecule is CN(C)[C@@H]1C(O)C(C(N)=O)C(=O)[C@@]2(O)C(O)=C3C(=O)c4c(O)ccc(C(=O)CN5CCOCC5)c4C[C@H]3C[C@@H]12. The Morgan fingerprint density at radius 1 is 1.18 bits per heavy atom. The number of fused-ring (bicyclic) bond motifs is 3. The molecule has 1 amide bonds. The van der Waals surface area contributed by atoms with Crippen LogP contribution >= 0.6 is 0 Å². The van der Waals surface area contributed by atoms with E-state index in [-0.39, 0.29) is 41.9 Å². The van der Waals surface area contributed by atoms with Crippen LogP contribution in [0.5, 0.6) is 5.75 Å². The second-order valence-electron chi connectivity index (χ2n) is 11.1. The monoisotopic (exact) mass is 543 g/mol. The highest BCUT2D eigenvalue weighted by Crippen LogP contribution is 2.52. The van der Waals surface area contributed by atoms with Gasteiger partial charge in [0.25, 0.3) is 0 Å². The van der Waals surface area contributed by atoms with Crippen LogP contribution in [0.15, 0.2) is 23.5 Å². The number of hydrogen-bond acceptors (Lipinski definition) is 11. The van der Waals surface area contributed by atoms with E-state index < -0.39 is 64.5 Å². The number of aliphatic hydroxyl groups is 3. The third-order valence-corrected chi connectivity index (χ3v) is 8.75. The predicted molar refractivity (Wildman–Crippen MR) is 135 cm³/mol. The fourth-order valence-electron chi connectivity index (χ4n) is 6.91. The van der Waals surface area contributed by atoms with Crippen molar-refractivity contribution in [1.29, 1.82) is 0 Å². The summed E-state index contributed by atoms with van der Waals surface area (Å²) in [6.45, 7) is 2.29. The van der Waals surface area contributed by atoms with Crippen molar-refractivity contribution in [2.75, 3.05) is 46.9 Å². The molecule has 0 spiro atoms. The highest BCUT2D eigenvalue weighted by Gasteiger charge is 2.66. The summed E-state index contributed by atoms with van der Waals surface area (Å²) in [6.07, 6.45) is -1.48. The number of Topliss-reactive ketones (excluding diaryl/α,β-unsaturated/α-hetero) is 3. The van der Waals surface area contributed by atoms with Gasteiger partial charge in [-0.2, -0.15) is 0 Å². The lowest BCUT2D eigenvalue weighted by molar-refractivity contribution is -0.178. The molecule has 3 aliphatic carbocycles. The largest absolute Gasteiger partial charge is 0.508 e. The number of primary amides is 1. The van der Waals surface area contributed by atoms with Gasteiger partial charge in [0, 0.05) is 36.2 Å². The molecule has 0 radical (unpaired) electrons. The van der Waals surface area contributed by atoms with Crippen molar-refractivity contribution in [2.45, 2.75) is 30.6 Å². The number of allylic oxidation sites excluding steroid dienone is 1. The fraction of sp³-hybridized carbons (Fsp3) is 0.556. The van der Waals surface area contributed by atoms with Crippen LogP contribution in [0, 0.1) is 17.8 Å². The quantitative estimate of drug-likeness (QED) is 0.221. The molecular weight excluding hydrogens is 510 g/mol. The number of aromatic hydroxyl groups is 1. The van der Waals surface area contributed by atoms with Gasteiger partial charge in [-0.1, -0.05) is 0 Å². The Hall–Kier alpha value is -3.16. The van der Waals surface area contributed by atoms with Gasteiger partial charge in [0.05, 0.1) is 31.4 Å². The number of aliphatic hydroxyl groups excluding tert-OH is 2. The topological polar surface area (TPSA) is 191 Å². The lowest BCUT2D eigenvalue weighted by atomic mass is 9.56. The van der Waals surface area contributed by atoms with Crippen molar-refractivity contribution < 1.29 is 44.3 Å². The summed E-state index contributed by atoms with van der Waals surface area (Å²) < 4.78 is 5.34. The molecule has 5 rings (SSSR count). The first kappa shape index (κ1) is 27.4. The number of ether oxygens (including phenoxy) is 1. The molecule has 39 heavy (non-hydrogen) atoms. The third kappa shape index (κ3) is 4.09. The summed E-state index contributed by atoms with van der Waals surface area (Å²) in [5.41, 5.74) is 2.95. The van der Waals surface area contributed by atoms with Crippen molar-refractivity contribution in [3.8, 4) is 5.75 Å². The summed E-state index contributed by atoms with van der Waals surface area (Å²) in [7, 11) is 3.19. The van der Waals surface area contributed by atoms with Gasteiger partial charge in [0.15, 0.2) is 23.0 Å². The van der Waals surface area contributed by atoms with E-state index in [1.54, 1.807) is 19.0 Å². The normalized spacial score (nSPS) is 33.0. The van der Waals surface area contributed by atoms with E-state index in [1.807, 2.05) is 4.90 Å². The molecular formula is C27H33N3O9. The van der Waals surface area contributed by atoms with Crippen LogP contribution in [-0.4, -0.2) is 118 Å². The van der Waals surface area contributed by atoms with Gasteiger partial charge in [0.1, 0.15) is 17.4 Å². The maximum Gasteiger partial charge on any atom is 0.230 e. The number of ketones is 3. The second kappa shape index (κ2) is 9.79. The summed E-state index contributed by atoms with van der Waals surface area (Å²) in [6, 6.07) is 1.76. The molecule has 1 heterocycles. The number of amides is 1. The van der Waals surface area contributed by atoms with Crippen LogP contribution in [0.25, 0.3) is 0 Å². The summed E-state index contributed by atoms with van der Waals surface area (Å²) in [5.74, 6) is -8.28. The highest BCUT2D eigenvalue weighted by atomic mass is 16.5. The molecule has 1 aromatic rings. The van der Waals surface area contributed by atoms with Gasteiger partial charge in [-0.15, -0.1) is 0 Å². The standard InChI is InChI=1S/C27H33N3O9/c1-29(2)21-15-10-12-9-14-13(17(32)11-30-5-7-39-8-6-30)3-4-16(31)19(14)22(33)18(12)24(35)27(15,38)25(36)20(23(21)34)26(28)37/h3-4,12,15,20-21,23,31,34-35,38H,5-11H2,1-2H3,(H2,28,37)/t12-,15-,20?,21-,23?,27-/m0/s1. The van der Waals surface area contributed by atoms with Gasteiger partial charge in [-0.3, -0.25) is 24.1 Å². The van der Waals surface area contributed by atoms with E-state index in [9.17, 15) is 39.6 Å². The minimum atomic E-state index is -2.65. The van der Waals surface area contributed by atoms with Crippen molar-refractivity contribution >= 4 is 23.3 Å². The van der Waals surface area contributed by atoms with Crippen LogP contribution in [0.1, 0.15) is 32.7 Å². The molecule has 6 atom stereocenters. The number of nitrogens with zero attached hydrogens (tertiary/aromatic N) is 2. The molecule has 1 saturated heterocycles. The molecule has 0 bridgehead atoms. The maximum atomic E-state index is 13.8. The van der Waals surface area contributed by atoms with Crippen molar-refractivity contribution in [1.82, 2.24) is 9.80 Å². The van der Waals surface area contributed by atoms with Crippen LogP contribution in [-0.2, 0) is 20.7 Å². The van der Waals surface area contributed by atoms with Gasteiger partial charge in [0.2, 0.25) is 5.91 Å². The Kier molecular flexibility index (Phi) is 6.88. The van der Waals surface area contributed by atoms with Crippen LogP contribution < -0.4 is 5.73 Å². The zero-order valence-corrected chi connectivity index (χ0v) is 21.8. The van der Waals surface area contributed by atoms with Crippen molar-refractivity contribution in [2.24, 2.45) is 23.5 Å². The van der Waals surface area contributed by atoms with E-state index >= 15 is 0 Å². The van der Waals surface area contributed by atoms with Crippen LogP contribution in [0.4, 0.5) is 0 Å². The average Bonchev–Trinajstić information content (AvgIpc) is 2.86. The van der Waals surface area contributed by atoms with Gasteiger partial charge in [-0.05, 0) is 50.6 Å². The number of carbonyl (C=O) groups is 4. The first-order chi connectivity index (χ1) is 18.4. The number of rotatable bonds is 5. The molecule has 1 aromatic carbocycles. The summed E-state index contributed by atoms with van der Waals surface area (Å²) in [4.78, 5) is 56.1. The average molecular weight is 544 g/mol. The van der Waals surface area contributed by atoms with Gasteiger partial charge in [-0.25, -0.2) is 0 Å². The van der Waals surface area contributed by atoms with E-state index in [4.69, 9.17) is 10.5 Å². The Morgan fingerprint density at radius 2 is 1.85 bits per heavy atom. The maximum absolute atomic E-state index is 13.8. The number of benzene rings is 1. The van der Waals surface area contributed by atoms with Crippen LogP contribution in [0.3, 0.4) is 0 Å². The summed E-state index contributed by atoms with van der Waals surface area (Å²) in [5, 5.41) is 44.7. The lowest BCUT2D eigenvalue weighted by Crippen LogP contribution is -2.71. The highest BCUT2D eigenvalue weighted by molar-refractivity contribution is 6.17. The predicted octanol–water partition coefficient (Wildman–Crippen LogP) is -1.20. The van der Waals surface area contributed by atoms with E-state index in [0.29, 0.717) is 31.9 Å². The van der Waals surface area contributed by atoms with Gasteiger partial charge < -0.3 is 35.8 Å². The number of carbonyl (C=O) groups excluding carboxylic acids is 4. The molecule has 12 heteroatoms. The van der Waals surface area contributed by atoms with E-state index in [1.165, 1.54) is 12.1 Å². The Bertz CT molecular complexity index is 1290.